The summed E-state index contributed by atoms with van der Waals surface area (Å²) in [7, 11) is 0. The summed E-state index contributed by atoms with van der Waals surface area (Å²) in [5.41, 5.74) is 4.48. The lowest BCUT2D eigenvalue weighted by Crippen LogP contribution is -2.33. The van der Waals surface area contributed by atoms with Crippen molar-refractivity contribution in [2.45, 2.75) is 38.8 Å². The Labute approximate surface area is 169 Å². The Balaban J connectivity index is 1.25. The molecule has 0 spiro atoms. The molecule has 1 aliphatic carbocycles. The van der Waals surface area contributed by atoms with Gasteiger partial charge < -0.3 is 9.47 Å². The Morgan fingerprint density at radius 1 is 1.24 bits per heavy atom. The fourth-order valence-corrected chi connectivity index (χ4v) is 3.31. The van der Waals surface area contributed by atoms with Gasteiger partial charge in [-0.2, -0.15) is 0 Å². The first-order chi connectivity index (χ1) is 14.2. The van der Waals surface area contributed by atoms with Crippen LogP contribution in [0.4, 0.5) is 0 Å². The molecule has 6 heteroatoms. The van der Waals surface area contributed by atoms with Crippen LogP contribution in [0, 0.1) is 24.7 Å². The fraction of sp³-hybridized carbons (Fsp3) is 0.348. The molecule has 3 aromatic rings. The predicted octanol–water partition coefficient (Wildman–Crippen LogP) is 3.17. The van der Waals surface area contributed by atoms with Gasteiger partial charge in [-0.25, -0.2) is 9.67 Å². The molecule has 0 radical (unpaired) electrons. The first-order valence-electron chi connectivity index (χ1n) is 9.97. The molecular weight excluding hydrogens is 364 g/mol. The first kappa shape index (κ1) is 17.7. The van der Waals surface area contributed by atoms with E-state index in [2.05, 4.69) is 52.3 Å². The number of fused-ring (bicyclic) bond motifs is 1. The summed E-state index contributed by atoms with van der Waals surface area (Å²) in [5, 5.41) is 8.61. The third-order valence-electron chi connectivity index (χ3n) is 5.13. The lowest BCUT2D eigenvalue weighted by molar-refractivity contribution is 0.0711. The quantitative estimate of drug-likeness (QED) is 0.645. The van der Waals surface area contributed by atoms with Crippen LogP contribution >= 0.6 is 0 Å². The Bertz CT molecular complexity index is 1090. The molecule has 29 heavy (non-hydrogen) atoms. The minimum atomic E-state index is -0.121. The number of aromatic nitrogens is 4. The zero-order valence-corrected chi connectivity index (χ0v) is 16.3. The lowest BCUT2D eigenvalue weighted by atomic mass is 10.0. The summed E-state index contributed by atoms with van der Waals surface area (Å²) >= 11 is 0. The molecule has 1 unspecified atom stereocenters. The smallest absolute Gasteiger partial charge is 0.257 e. The van der Waals surface area contributed by atoms with Crippen molar-refractivity contribution < 1.29 is 9.47 Å². The number of nitrogens with zero attached hydrogens (tertiary/aromatic N) is 4. The molecule has 5 rings (SSSR count). The maximum absolute atomic E-state index is 5.96. The molecule has 146 valence electrons. The topological polar surface area (TPSA) is 62.1 Å². The van der Waals surface area contributed by atoms with Crippen LogP contribution in [0.3, 0.4) is 0 Å². The van der Waals surface area contributed by atoms with Gasteiger partial charge in [-0.1, -0.05) is 23.1 Å². The molecule has 0 amide bonds. The zero-order chi connectivity index (χ0) is 19.6. The fourth-order valence-electron chi connectivity index (χ4n) is 3.31. The van der Waals surface area contributed by atoms with Gasteiger partial charge in [0.25, 0.3) is 5.88 Å². The molecule has 0 N–H and O–H groups in total. The third-order valence-corrected chi connectivity index (χ3v) is 5.13. The van der Waals surface area contributed by atoms with E-state index in [0.29, 0.717) is 30.7 Å². The molecule has 0 saturated heterocycles. The summed E-state index contributed by atoms with van der Waals surface area (Å²) in [5.74, 6) is 8.45. The monoisotopic (exact) mass is 386 g/mol. The molecule has 1 fully saturated rings. The highest BCUT2D eigenvalue weighted by Crippen LogP contribution is 2.29. The standard InChI is InChI=1S/C23H22N4O2/c1-16-4-5-18(9-8-17-6-7-17)11-19(16)12-20-13-27(26-25-20)14-21-15-28-23-22(29-21)3-2-10-24-23/h2-5,10-11,13,17,21H,6-7,12,14-15H2,1H3. The highest BCUT2D eigenvalue weighted by Gasteiger charge is 2.22. The van der Waals surface area contributed by atoms with Gasteiger partial charge in [0.2, 0.25) is 0 Å². The van der Waals surface area contributed by atoms with Crippen molar-refractivity contribution in [3.05, 3.63) is 65.1 Å². The highest BCUT2D eigenvalue weighted by molar-refractivity contribution is 5.42. The number of ether oxygens (including phenoxy) is 2. The van der Waals surface area contributed by atoms with E-state index in [1.54, 1.807) is 6.20 Å². The van der Waals surface area contributed by atoms with Crippen LogP contribution in [0.25, 0.3) is 0 Å². The third kappa shape index (κ3) is 4.24. The van der Waals surface area contributed by atoms with E-state index in [4.69, 9.17) is 9.47 Å². The second-order valence-corrected chi connectivity index (χ2v) is 7.65. The summed E-state index contributed by atoms with van der Waals surface area (Å²) < 4.78 is 13.4. The lowest BCUT2D eigenvalue weighted by Gasteiger charge is -2.25. The average molecular weight is 386 g/mol. The minimum Gasteiger partial charge on any atom is -0.479 e. The summed E-state index contributed by atoms with van der Waals surface area (Å²) in [6, 6.07) is 10.1. The van der Waals surface area contributed by atoms with Crippen molar-refractivity contribution in [3.63, 3.8) is 0 Å². The van der Waals surface area contributed by atoms with Crippen molar-refractivity contribution >= 4 is 0 Å². The first-order valence-corrected chi connectivity index (χ1v) is 9.97. The van der Waals surface area contributed by atoms with Crippen molar-refractivity contribution in [1.29, 1.82) is 0 Å². The van der Waals surface area contributed by atoms with Crippen LogP contribution in [0.15, 0.2) is 42.7 Å². The zero-order valence-electron chi connectivity index (χ0n) is 16.3. The molecule has 1 aromatic carbocycles. The Hall–Kier alpha value is -3.33. The Kier molecular flexibility index (Phi) is 4.65. The van der Waals surface area contributed by atoms with Crippen LogP contribution in [-0.2, 0) is 13.0 Å². The maximum Gasteiger partial charge on any atom is 0.257 e. The molecule has 1 aliphatic heterocycles. The highest BCUT2D eigenvalue weighted by atomic mass is 16.6. The molecule has 2 aliphatic rings. The van der Waals surface area contributed by atoms with Gasteiger partial charge in [-0.3, -0.25) is 0 Å². The summed E-state index contributed by atoms with van der Waals surface area (Å²) in [4.78, 5) is 4.16. The summed E-state index contributed by atoms with van der Waals surface area (Å²) in [6.07, 6.45) is 6.77. The van der Waals surface area contributed by atoms with Gasteiger partial charge in [-0.05, 0) is 55.2 Å². The normalized spacial score (nSPS) is 17.5. The Morgan fingerprint density at radius 3 is 3.07 bits per heavy atom. The number of hydrogen-bond acceptors (Lipinski definition) is 5. The summed E-state index contributed by atoms with van der Waals surface area (Å²) in [6.45, 7) is 3.14. The molecular formula is C23H22N4O2. The van der Waals surface area contributed by atoms with Crippen LogP contribution < -0.4 is 9.47 Å². The van der Waals surface area contributed by atoms with E-state index in [1.807, 2.05) is 23.0 Å². The maximum atomic E-state index is 5.96. The van der Waals surface area contributed by atoms with E-state index in [0.717, 1.165) is 17.7 Å². The molecule has 6 nitrogen and oxygen atoms in total. The van der Waals surface area contributed by atoms with Crippen LogP contribution in [-0.4, -0.2) is 32.7 Å². The second-order valence-electron chi connectivity index (χ2n) is 7.65. The van der Waals surface area contributed by atoms with Gasteiger partial charge in [0.1, 0.15) is 6.61 Å². The Morgan fingerprint density at radius 2 is 2.17 bits per heavy atom. The minimum absolute atomic E-state index is 0.121. The molecule has 3 heterocycles. The predicted molar refractivity (Wildman–Crippen MR) is 108 cm³/mol. The number of pyridine rings is 1. The molecule has 2 aromatic heterocycles. The molecule has 1 atom stereocenters. The average Bonchev–Trinajstić information content (AvgIpc) is 3.47. The van der Waals surface area contributed by atoms with E-state index in [9.17, 15) is 0 Å². The van der Waals surface area contributed by atoms with Crippen molar-refractivity contribution in [2.75, 3.05) is 6.61 Å². The largest absolute Gasteiger partial charge is 0.479 e. The van der Waals surface area contributed by atoms with Crippen molar-refractivity contribution in [2.24, 2.45) is 5.92 Å². The van der Waals surface area contributed by atoms with Crippen LogP contribution in [0.2, 0.25) is 0 Å². The van der Waals surface area contributed by atoms with E-state index >= 15 is 0 Å². The van der Waals surface area contributed by atoms with Gasteiger partial charge in [-0.15, -0.1) is 5.10 Å². The number of aryl methyl sites for hydroxylation is 1. The van der Waals surface area contributed by atoms with E-state index in [1.165, 1.54) is 24.0 Å². The van der Waals surface area contributed by atoms with E-state index in [-0.39, 0.29) is 6.10 Å². The molecule has 0 bridgehead atoms. The van der Waals surface area contributed by atoms with Crippen LogP contribution in [0.5, 0.6) is 11.6 Å². The number of hydrogen-bond donors (Lipinski definition) is 0. The van der Waals surface area contributed by atoms with Gasteiger partial charge in [0.05, 0.1) is 12.2 Å². The van der Waals surface area contributed by atoms with Gasteiger partial charge >= 0.3 is 0 Å². The SMILES string of the molecule is Cc1ccc(C#CC2CC2)cc1Cc1cn(CC2COc3ncccc3O2)nn1. The van der Waals surface area contributed by atoms with Gasteiger partial charge in [0.15, 0.2) is 11.9 Å². The second kappa shape index (κ2) is 7.59. The number of rotatable bonds is 4. The molecule has 1 saturated carbocycles. The number of benzene rings is 1. The van der Waals surface area contributed by atoms with Crippen molar-refractivity contribution in [3.8, 4) is 23.5 Å². The van der Waals surface area contributed by atoms with Crippen molar-refractivity contribution in [1.82, 2.24) is 20.0 Å². The van der Waals surface area contributed by atoms with Gasteiger partial charge in [0, 0.05) is 30.3 Å². The van der Waals surface area contributed by atoms with Crippen LogP contribution in [0.1, 0.15) is 35.2 Å². The van der Waals surface area contributed by atoms with E-state index < -0.39 is 0 Å².